The monoisotopic (exact) mass is 383 g/mol. The summed E-state index contributed by atoms with van der Waals surface area (Å²) in [4.78, 5) is 14.6. The van der Waals surface area contributed by atoms with Crippen LogP contribution in [0, 0.1) is 5.82 Å². The molecule has 0 saturated carbocycles. The van der Waals surface area contributed by atoms with Gasteiger partial charge in [0.15, 0.2) is 5.78 Å². The SMILES string of the molecule is COc1ccc2c(c1)CC1(CCN(CCCC(=O)c3ccc(F)cc3)CC1)O2. The van der Waals surface area contributed by atoms with Gasteiger partial charge >= 0.3 is 0 Å². The summed E-state index contributed by atoms with van der Waals surface area (Å²) in [7, 11) is 1.69. The molecule has 1 spiro atoms. The molecule has 2 aliphatic rings. The molecule has 0 N–H and O–H groups in total. The summed E-state index contributed by atoms with van der Waals surface area (Å²) in [5.41, 5.74) is 1.74. The third kappa shape index (κ3) is 4.04. The Bertz CT molecular complexity index is 841. The van der Waals surface area contributed by atoms with E-state index in [-0.39, 0.29) is 17.2 Å². The second kappa shape index (κ2) is 7.92. The first-order valence-electron chi connectivity index (χ1n) is 9.94. The second-order valence-corrected chi connectivity index (χ2v) is 7.81. The zero-order valence-corrected chi connectivity index (χ0v) is 16.2. The predicted octanol–water partition coefficient (Wildman–Crippen LogP) is 4.27. The van der Waals surface area contributed by atoms with E-state index in [1.807, 2.05) is 12.1 Å². The number of fused-ring (bicyclic) bond motifs is 1. The lowest BCUT2D eigenvalue weighted by Gasteiger charge is -2.38. The van der Waals surface area contributed by atoms with Crippen molar-refractivity contribution in [3.05, 3.63) is 59.4 Å². The first kappa shape index (κ1) is 18.9. The first-order chi connectivity index (χ1) is 13.6. The molecule has 0 aliphatic carbocycles. The number of carbonyl (C=O) groups excluding carboxylic acids is 1. The van der Waals surface area contributed by atoms with Crippen molar-refractivity contribution < 1.29 is 18.7 Å². The van der Waals surface area contributed by atoms with Crippen LogP contribution in [0.5, 0.6) is 11.5 Å². The Kier molecular flexibility index (Phi) is 5.36. The van der Waals surface area contributed by atoms with Crippen molar-refractivity contribution in [1.82, 2.24) is 4.90 Å². The van der Waals surface area contributed by atoms with Gasteiger partial charge in [-0.1, -0.05) is 0 Å². The van der Waals surface area contributed by atoms with E-state index < -0.39 is 0 Å². The third-order valence-electron chi connectivity index (χ3n) is 5.92. The van der Waals surface area contributed by atoms with Crippen LogP contribution in [0.1, 0.15) is 41.6 Å². The zero-order chi connectivity index (χ0) is 19.6. The molecule has 4 rings (SSSR count). The number of piperidine rings is 1. The maximum absolute atomic E-state index is 13.0. The van der Waals surface area contributed by atoms with Crippen molar-refractivity contribution in [2.24, 2.45) is 0 Å². The number of ketones is 1. The standard InChI is InChI=1S/C23H26FNO3/c1-27-20-8-9-22-18(15-20)16-23(28-22)10-13-25(14-11-23)12-2-3-21(26)17-4-6-19(24)7-5-17/h4-9,15H,2-3,10-14,16H2,1H3. The van der Waals surface area contributed by atoms with Crippen LogP contribution in [0.4, 0.5) is 4.39 Å². The molecule has 2 heterocycles. The number of ether oxygens (including phenoxy) is 2. The number of likely N-dealkylation sites (tertiary alicyclic amines) is 1. The maximum Gasteiger partial charge on any atom is 0.162 e. The highest BCUT2D eigenvalue weighted by Crippen LogP contribution is 2.42. The van der Waals surface area contributed by atoms with Crippen molar-refractivity contribution in [3.63, 3.8) is 0 Å². The summed E-state index contributed by atoms with van der Waals surface area (Å²) in [5, 5.41) is 0. The highest BCUT2D eigenvalue weighted by Gasteiger charge is 2.41. The predicted molar refractivity (Wildman–Crippen MR) is 106 cm³/mol. The van der Waals surface area contributed by atoms with E-state index in [0.29, 0.717) is 12.0 Å². The summed E-state index contributed by atoms with van der Waals surface area (Å²) in [6.07, 6.45) is 4.25. The Labute approximate surface area is 165 Å². The van der Waals surface area contributed by atoms with E-state index in [1.54, 1.807) is 19.2 Å². The summed E-state index contributed by atoms with van der Waals surface area (Å²) >= 11 is 0. The summed E-state index contributed by atoms with van der Waals surface area (Å²) in [6.45, 7) is 2.87. The fourth-order valence-electron chi connectivity index (χ4n) is 4.24. The van der Waals surface area contributed by atoms with E-state index in [0.717, 1.165) is 56.8 Å². The Morgan fingerprint density at radius 2 is 1.93 bits per heavy atom. The Hall–Kier alpha value is -2.40. The van der Waals surface area contributed by atoms with E-state index >= 15 is 0 Å². The van der Waals surface area contributed by atoms with Crippen LogP contribution >= 0.6 is 0 Å². The number of nitrogens with zero attached hydrogens (tertiary/aromatic N) is 1. The summed E-state index contributed by atoms with van der Waals surface area (Å²) in [6, 6.07) is 11.8. The van der Waals surface area contributed by atoms with Crippen LogP contribution in [0.15, 0.2) is 42.5 Å². The van der Waals surface area contributed by atoms with Crippen molar-refractivity contribution in [1.29, 1.82) is 0 Å². The smallest absolute Gasteiger partial charge is 0.162 e. The van der Waals surface area contributed by atoms with Gasteiger partial charge in [0.05, 0.1) is 7.11 Å². The third-order valence-corrected chi connectivity index (χ3v) is 5.92. The van der Waals surface area contributed by atoms with E-state index in [1.165, 1.54) is 17.7 Å². The van der Waals surface area contributed by atoms with Gasteiger partial charge in [-0.3, -0.25) is 4.79 Å². The molecule has 148 valence electrons. The molecule has 0 bridgehead atoms. The minimum atomic E-state index is -0.312. The molecule has 0 radical (unpaired) electrons. The van der Waals surface area contributed by atoms with Crippen LogP contribution < -0.4 is 9.47 Å². The molecular formula is C23H26FNO3. The normalized spacial score (nSPS) is 17.9. The van der Waals surface area contributed by atoms with E-state index in [2.05, 4.69) is 11.0 Å². The fourth-order valence-corrected chi connectivity index (χ4v) is 4.24. The quantitative estimate of drug-likeness (QED) is 0.699. The number of halogens is 1. The maximum atomic E-state index is 13.0. The lowest BCUT2D eigenvalue weighted by atomic mass is 9.87. The van der Waals surface area contributed by atoms with Gasteiger partial charge in [-0.15, -0.1) is 0 Å². The molecule has 0 amide bonds. The molecule has 4 nitrogen and oxygen atoms in total. The van der Waals surface area contributed by atoms with Gasteiger partial charge in [-0.2, -0.15) is 0 Å². The van der Waals surface area contributed by atoms with Gasteiger partial charge in [0.1, 0.15) is 22.9 Å². The van der Waals surface area contributed by atoms with Crippen LogP contribution in [-0.4, -0.2) is 43.0 Å². The lowest BCUT2D eigenvalue weighted by Crippen LogP contribution is -2.47. The molecule has 2 aromatic rings. The second-order valence-electron chi connectivity index (χ2n) is 7.81. The summed E-state index contributed by atoms with van der Waals surface area (Å²) < 4.78 is 24.6. The zero-order valence-electron chi connectivity index (χ0n) is 16.2. The van der Waals surface area contributed by atoms with Crippen molar-refractivity contribution in [2.45, 2.75) is 37.7 Å². The molecule has 0 unspecified atom stereocenters. The minimum absolute atomic E-state index is 0.0806. The molecule has 0 aromatic heterocycles. The highest BCUT2D eigenvalue weighted by atomic mass is 19.1. The van der Waals surface area contributed by atoms with Gasteiger partial charge in [0.25, 0.3) is 0 Å². The number of benzene rings is 2. The minimum Gasteiger partial charge on any atom is -0.497 e. The molecule has 1 saturated heterocycles. The van der Waals surface area contributed by atoms with Crippen molar-refractivity contribution >= 4 is 5.78 Å². The van der Waals surface area contributed by atoms with Crippen molar-refractivity contribution in [2.75, 3.05) is 26.7 Å². The largest absolute Gasteiger partial charge is 0.497 e. The fraction of sp³-hybridized carbons (Fsp3) is 0.435. The highest BCUT2D eigenvalue weighted by molar-refractivity contribution is 5.95. The van der Waals surface area contributed by atoms with E-state index in [4.69, 9.17) is 9.47 Å². The number of rotatable bonds is 6. The Balaban J connectivity index is 1.24. The number of methoxy groups -OCH3 is 1. The van der Waals surface area contributed by atoms with Crippen LogP contribution in [-0.2, 0) is 6.42 Å². The molecular weight excluding hydrogens is 357 g/mol. The Morgan fingerprint density at radius 3 is 2.64 bits per heavy atom. The molecule has 1 fully saturated rings. The van der Waals surface area contributed by atoms with Crippen LogP contribution in [0.2, 0.25) is 0 Å². The van der Waals surface area contributed by atoms with Crippen LogP contribution in [0.25, 0.3) is 0 Å². The van der Waals surface area contributed by atoms with Gasteiger partial charge in [0.2, 0.25) is 0 Å². The molecule has 28 heavy (non-hydrogen) atoms. The first-order valence-corrected chi connectivity index (χ1v) is 9.94. The summed E-state index contributed by atoms with van der Waals surface area (Å²) in [5.74, 6) is 1.63. The average molecular weight is 383 g/mol. The molecule has 0 atom stereocenters. The number of Topliss-reactive ketones (excluding diaryl/α,β-unsaturated/α-hetero) is 1. The van der Waals surface area contributed by atoms with Gasteiger partial charge in [-0.05, 0) is 55.4 Å². The van der Waals surface area contributed by atoms with Gasteiger partial charge in [-0.25, -0.2) is 4.39 Å². The lowest BCUT2D eigenvalue weighted by molar-refractivity contribution is 0.0190. The Morgan fingerprint density at radius 1 is 1.18 bits per heavy atom. The molecule has 5 heteroatoms. The van der Waals surface area contributed by atoms with Gasteiger partial charge in [0, 0.05) is 49.9 Å². The number of hydrogen-bond acceptors (Lipinski definition) is 4. The van der Waals surface area contributed by atoms with Crippen LogP contribution in [0.3, 0.4) is 0 Å². The topological polar surface area (TPSA) is 38.8 Å². The van der Waals surface area contributed by atoms with Gasteiger partial charge < -0.3 is 14.4 Å². The number of hydrogen-bond donors (Lipinski definition) is 0. The number of carbonyl (C=O) groups is 1. The average Bonchev–Trinajstić information content (AvgIpc) is 3.06. The van der Waals surface area contributed by atoms with E-state index in [9.17, 15) is 9.18 Å². The molecule has 2 aromatic carbocycles. The molecule has 2 aliphatic heterocycles. The van der Waals surface area contributed by atoms with Crippen molar-refractivity contribution in [3.8, 4) is 11.5 Å².